The van der Waals surface area contributed by atoms with Crippen molar-refractivity contribution in [2.45, 2.75) is 25.6 Å². The monoisotopic (exact) mass is 352 g/mol. The fraction of sp³-hybridized carbons (Fsp3) is 0.364. The quantitative estimate of drug-likeness (QED) is 0.669. The zero-order valence-corrected chi connectivity index (χ0v) is 15.0. The Hall–Kier alpha value is -2.30. The van der Waals surface area contributed by atoms with Crippen LogP contribution in [0.15, 0.2) is 71.6 Å². The number of epoxide rings is 2. The maximum atomic E-state index is 5.96. The predicted octanol–water partition coefficient (Wildman–Crippen LogP) is 3.75. The van der Waals surface area contributed by atoms with Crippen LogP contribution in [0.2, 0.25) is 0 Å². The van der Waals surface area contributed by atoms with E-state index in [1.807, 2.05) is 30.4 Å². The van der Waals surface area contributed by atoms with E-state index in [9.17, 15) is 0 Å². The number of para-hydroxylation sites is 1. The molecule has 26 heavy (non-hydrogen) atoms. The van der Waals surface area contributed by atoms with Crippen molar-refractivity contribution in [1.82, 2.24) is 0 Å². The molecule has 0 bridgehead atoms. The van der Waals surface area contributed by atoms with E-state index < -0.39 is 0 Å². The van der Waals surface area contributed by atoms with Gasteiger partial charge in [0.1, 0.15) is 36.9 Å². The first-order chi connectivity index (χ1) is 12.8. The minimum atomic E-state index is 0.248. The average molecular weight is 352 g/mol. The number of rotatable bonds is 8. The summed E-state index contributed by atoms with van der Waals surface area (Å²) in [5.41, 5.74) is 3.61. The van der Waals surface area contributed by atoms with Gasteiger partial charge in [-0.2, -0.15) is 0 Å². The molecule has 1 aromatic carbocycles. The topological polar surface area (TPSA) is 43.5 Å². The number of hydrogen-bond donors (Lipinski definition) is 0. The molecule has 1 aromatic rings. The van der Waals surface area contributed by atoms with Crippen LogP contribution in [0, 0.1) is 0 Å². The van der Waals surface area contributed by atoms with Gasteiger partial charge in [0.2, 0.25) is 0 Å². The molecule has 3 aliphatic rings. The van der Waals surface area contributed by atoms with Crippen molar-refractivity contribution in [1.29, 1.82) is 0 Å². The van der Waals surface area contributed by atoms with E-state index >= 15 is 0 Å². The summed E-state index contributed by atoms with van der Waals surface area (Å²) < 4.78 is 22.4. The van der Waals surface area contributed by atoms with Gasteiger partial charge in [0, 0.05) is 6.42 Å². The molecule has 2 atom stereocenters. The average Bonchev–Trinajstić information content (AvgIpc) is 3.54. The molecule has 0 aromatic heterocycles. The van der Waals surface area contributed by atoms with E-state index in [0.29, 0.717) is 13.2 Å². The molecule has 0 spiro atoms. The van der Waals surface area contributed by atoms with Gasteiger partial charge in [-0.05, 0) is 41.9 Å². The van der Waals surface area contributed by atoms with Gasteiger partial charge in [-0.1, -0.05) is 36.4 Å². The van der Waals surface area contributed by atoms with Gasteiger partial charge in [-0.25, -0.2) is 0 Å². The van der Waals surface area contributed by atoms with Crippen LogP contribution in [0.4, 0.5) is 0 Å². The summed E-state index contributed by atoms with van der Waals surface area (Å²) in [5, 5.41) is 0. The van der Waals surface area contributed by atoms with Gasteiger partial charge in [-0.15, -0.1) is 0 Å². The summed E-state index contributed by atoms with van der Waals surface area (Å²) >= 11 is 0. The van der Waals surface area contributed by atoms with Crippen LogP contribution in [0.1, 0.15) is 12.5 Å². The Morgan fingerprint density at radius 2 is 1.65 bits per heavy atom. The summed E-state index contributed by atoms with van der Waals surface area (Å²) in [7, 11) is 0. The second-order valence-electron chi connectivity index (χ2n) is 6.79. The van der Waals surface area contributed by atoms with Crippen LogP contribution in [-0.2, 0) is 20.6 Å². The van der Waals surface area contributed by atoms with Crippen molar-refractivity contribution in [3.05, 3.63) is 77.1 Å². The van der Waals surface area contributed by atoms with Crippen LogP contribution < -0.4 is 4.74 Å². The first-order valence-electron chi connectivity index (χ1n) is 9.11. The maximum absolute atomic E-state index is 5.96. The highest BCUT2D eigenvalue weighted by atomic mass is 16.6. The van der Waals surface area contributed by atoms with Crippen molar-refractivity contribution < 1.29 is 18.9 Å². The van der Waals surface area contributed by atoms with Gasteiger partial charge < -0.3 is 18.9 Å². The number of benzene rings is 1. The van der Waals surface area contributed by atoms with Gasteiger partial charge in [0.25, 0.3) is 0 Å². The first kappa shape index (κ1) is 17.1. The van der Waals surface area contributed by atoms with E-state index in [4.69, 9.17) is 18.9 Å². The van der Waals surface area contributed by atoms with Crippen molar-refractivity contribution in [3.8, 4) is 5.75 Å². The molecule has 4 rings (SSSR count). The summed E-state index contributed by atoms with van der Waals surface area (Å²) in [6.07, 6.45) is 11.6. The van der Waals surface area contributed by atoms with Gasteiger partial charge in [0.15, 0.2) is 0 Å². The van der Waals surface area contributed by atoms with Crippen molar-refractivity contribution in [2.75, 3.05) is 26.4 Å². The van der Waals surface area contributed by atoms with Crippen LogP contribution in [0.25, 0.3) is 0 Å². The molecule has 2 unspecified atom stereocenters. The highest BCUT2D eigenvalue weighted by molar-refractivity contribution is 5.45. The fourth-order valence-corrected chi connectivity index (χ4v) is 2.77. The summed E-state index contributed by atoms with van der Waals surface area (Å²) in [6, 6.07) is 8.20. The number of allylic oxidation sites excluding steroid dienone is 7. The molecule has 0 saturated carbocycles. The van der Waals surface area contributed by atoms with Gasteiger partial charge in [0.05, 0.1) is 13.2 Å². The van der Waals surface area contributed by atoms with Crippen molar-refractivity contribution >= 4 is 0 Å². The lowest BCUT2D eigenvalue weighted by Gasteiger charge is -2.14. The smallest absolute Gasteiger partial charge is 0.122 e. The summed E-state index contributed by atoms with van der Waals surface area (Å²) in [5.74, 6) is 1.79. The molecule has 2 aliphatic heterocycles. The lowest BCUT2D eigenvalue weighted by Crippen LogP contribution is -2.06. The molecule has 1 aliphatic carbocycles. The summed E-state index contributed by atoms with van der Waals surface area (Å²) in [4.78, 5) is 0. The standard InChI is InChI=1S/C22H24O4/c1-16-6-2-4-8-19(23-12-20-13-24-20)11-18(16)10-17-7-3-5-9-22(17)26-15-21-14-25-21/h2-9,11,20-21H,10,12-15H2,1H3. The van der Waals surface area contributed by atoms with Gasteiger partial charge >= 0.3 is 0 Å². The van der Waals surface area contributed by atoms with E-state index in [1.54, 1.807) is 0 Å². The molecule has 0 amide bonds. The normalized spacial score (nSPS) is 24.0. The molecule has 0 N–H and O–H groups in total. The molecule has 2 heterocycles. The minimum absolute atomic E-state index is 0.248. The third-order valence-corrected chi connectivity index (χ3v) is 4.56. The Morgan fingerprint density at radius 3 is 2.42 bits per heavy atom. The highest BCUT2D eigenvalue weighted by Gasteiger charge is 2.24. The number of ether oxygens (including phenoxy) is 4. The molecule has 0 radical (unpaired) electrons. The largest absolute Gasteiger partial charge is 0.491 e. The molecular weight excluding hydrogens is 328 g/mol. The maximum Gasteiger partial charge on any atom is 0.122 e. The van der Waals surface area contributed by atoms with Gasteiger partial charge in [-0.3, -0.25) is 0 Å². The van der Waals surface area contributed by atoms with Crippen molar-refractivity contribution in [3.63, 3.8) is 0 Å². The molecule has 4 heteroatoms. The Bertz CT molecular complexity index is 764. The fourth-order valence-electron chi connectivity index (χ4n) is 2.77. The van der Waals surface area contributed by atoms with Crippen LogP contribution in [0.3, 0.4) is 0 Å². The first-order valence-corrected chi connectivity index (χ1v) is 9.11. The second kappa shape index (κ2) is 7.94. The minimum Gasteiger partial charge on any atom is -0.491 e. The molecule has 4 nitrogen and oxygen atoms in total. The van der Waals surface area contributed by atoms with E-state index in [-0.39, 0.29) is 12.2 Å². The SMILES string of the molecule is CC1=C(Cc2ccccc2OCC2CO2)C=C(OCC2CO2)C=CC=C1. The third-order valence-electron chi connectivity index (χ3n) is 4.56. The van der Waals surface area contributed by atoms with E-state index in [1.165, 1.54) is 16.7 Å². The number of hydrogen-bond acceptors (Lipinski definition) is 4. The van der Waals surface area contributed by atoms with E-state index in [2.05, 4.69) is 31.2 Å². The lowest BCUT2D eigenvalue weighted by molar-refractivity contribution is 0.192. The molecule has 136 valence electrons. The predicted molar refractivity (Wildman–Crippen MR) is 100 cm³/mol. The third kappa shape index (κ3) is 4.87. The zero-order valence-electron chi connectivity index (χ0n) is 15.0. The summed E-state index contributed by atoms with van der Waals surface area (Å²) in [6.45, 7) is 4.95. The Labute approximate surface area is 154 Å². The van der Waals surface area contributed by atoms with E-state index in [0.717, 1.165) is 31.1 Å². The van der Waals surface area contributed by atoms with Crippen LogP contribution in [-0.4, -0.2) is 38.6 Å². The Balaban J connectivity index is 1.51. The molecular formula is C22H24O4. The molecule has 2 fully saturated rings. The van der Waals surface area contributed by atoms with Crippen LogP contribution in [0.5, 0.6) is 5.75 Å². The second-order valence-corrected chi connectivity index (χ2v) is 6.79. The Morgan fingerprint density at radius 1 is 0.962 bits per heavy atom. The molecule has 2 saturated heterocycles. The lowest BCUT2D eigenvalue weighted by atomic mass is 9.98. The van der Waals surface area contributed by atoms with Crippen molar-refractivity contribution in [2.24, 2.45) is 0 Å². The van der Waals surface area contributed by atoms with Crippen LogP contribution >= 0.6 is 0 Å². The zero-order chi connectivity index (χ0) is 17.8. The highest BCUT2D eigenvalue weighted by Crippen LogP contribution is 2.26. The Kier molecular flexibility index (Phi) is 5.23.